The molecule has 38 heteroatoms. The van der Waals surface area contributed by atoms with E-state index in [-0.39, 0.29) is 0 Å². The minimum absolute atomic E-state index is 0.754. The fourth-order valence-electron chi connectivity index (χ4n) is 6.41. The summed E-state index contributed by atoms with van der Waals surface area (Å²) in [6, 6.07) is 29.6. The number of aromatic nitrogens is 10. The first-order valence-electron chi connectivity index (χ1n) is 20.1. The molecule has 1 aliphatic heterocycles. The molecule has 0 atom stereocenters. The number of pyridine rings is 2. The van der Waals surface area contributed by atoms with E-state index >= 15 is 0 Å². The van der Waals surface area contributed by atoms with Gasteiger partial charge in [-0.05, 0) is 0 Å². The summed E-state index contributed by atoms with van der Waals surface area (Å²) in [6.45, 7) is 3.01. The molecule has 0 saturated carbocycles. The molecule has 2 aromatic carbocycles. The summed E-state index contributed by atoms with van der Waals surface area (Å²) in [5.74, 6) is 3.46. The summed E-state index contributed by atoms with van der Waals surface area (Å²) in [7, 11) is -42.6. The van der Waals surface area contributed by atoms with Crippen LogP contribution in [0.15, 0.2) is 160 Å². The van der Waals surface area contributed by atoms with E-state index in [0.717, 1.165) is 49.5 Å². The number of fused-ring (bicyclic) bond motifs is 18. The minimum atomic E-state index is -10.7. The van der Waals surface area contributed by atoms with E-state index in [1.54, 1.807) is 0 Å². The zero-order chi connectivity index (χ0) is 57.5. The van der Waals surface area contributed by atoms with Gasteiger partial charge in [0.2, 0.25) is 23.3 Å². The van der Waals surface area contributed by atoms with Crippen molar-refractivity contribution >= 4 is 31.2 Å². The Morgan fingerprint density at radius 1 is 0.276 bits per heavy atom. The van der Waals surface area contributed by atoms with Crippen LogP contribution in [-0.4, -0.2) is 28.2 Å². The molecule has 0 aliphatic carbocycles. The SMILES string of the molecule is F[P-](F)(F)(F)(F)F.F[P-](F)(F)(F)(F)F.F[P-](F)(F)(F)(F)F.F[P-](F)(F)(F)(F)F.c1cc2nc(c1)-n1cc[n+](c1)Cc1ccccc1C[n+]1ccn(c1)-c1cccc(n1)-n1cc[n+](c1)Cc1ccccc1C[n+]1ccn-2c1. The maximum Gasteiger partial charge on any atom is 0.250 e. The molecule has 0 unspecified atom stereocenters. The second-order valence-electron chi connectivity index (χ2n) is 16.1. The normalized spacial score (nSPS) is 16.5. The van der Waals surface area contributed by atoms with Crippen molar-refractivity contribution in [2.24, 2.45) is 0 Å². The Hall–Kier alpha value is -6.38. The fraction of sp³-hybridized carbons (Fsp3) is 0.105. The molecular weight excluding hydrogens is 1180 g/mol. The van der Waals surface area contributed by atoms with E-state index in [9.17, 15) is 101 Å². The molecule has 0 saturated heterocycles. The van der Waals surface area contributed by atoms with Crippen LogP contribution in [0.5, 0.6) is 0 Å². The zero-order valence-electron chi connectivity index (χ0n) is 37.2. The molecule has 1 aliphatic rings. The number of nitrogens with zero attached hydrogens (tertiary/aromatic N) is 10. The van der Waals surface area contributed by atoms with Gasteiger partial charge >= 0.3 is 132 Å². The van der Waals surface area contributed by atoms with Crippen molar-refractivity contribution in [3.05, 3.63) is 182 Å². The maximum atomic E-state index is 9.87. The van der Waals surface area contributed by atoms with Crippen molar-refractivity contribution in [3.8, 4) is 23.3 Å². The zero-order valence-corrected chi connectivity index (χ0v) is 40.7. The van der Waals surface area contributed by atoms with E-state index in [4.69, 9.17) is 9.97 Å². The van der Waals surface area contributed by atoms with Crippen molar-refractivity contribution in [2.45, 2.75) is 26.2 Å². The van der Waals surface area contributed by atoms with Gasteiger partial charge in [0.25, 0.3) is 25.3 Å². The van der Waals surface area contributed by atoms with Crippen molar-refractivity contribution in [2.75, 3.05) is 0 Å². The summed E-state index contributed by atoms with van der Waals surface area (Å²) < 4.78 is 254. The molecule has 0 spiro atoms. The second-order valence-corrected chi connectivity index (χ2v) is 23.7. The third kappa shape index (κ3) is 28.0. The van der Waals surface area contributed by atoms with Gasteiger partial charge in [-0.25, -0.2) is 18.3 Å². The molecule has 0 amide bonds. The van der Waals surface area contributed by atoms with Gasteiger partial charge in [0.05, 0.1) is 0 Å². The summed E-state index contributed by atoms with van der Waals surface area (Å²) in [4.78, 5) is 10.0. The van der Waals surface area contributed by atoms with Gasteiger partial charge in [0, 0.05) is 46.5 Å². The van der Waals surface area contributed by atoms with Crippen LogP contribution >= 0.6 is 31.2 Å². The van der Waals surface area contributed by atoms with E-state index in [2.05, 4.69) is 172 Å². The summed E-state index contributed by atoms with van der Waals surface area (Å²) in [6.07, 6.45) is 25.1. The van der Waals surface area contributed by atoms with Gasteiger partial charge < -0.3 is 0 Å². The number of rotatable bonds is 0. The predicted molar refractivity (Wildman–Crippen MR) is 230 cm³/mol. The fourth-order valence-corrected chi connectivity index (χ4v) is 6.41. The number of imidazole rings is 4. The smallest absolute Gasteiger partial charge is 0.232 e. The van der Waals surface area contributed by atoms with Gasteiger partial charge in [-0.3, -0.25) is 0 Å². The summed E-state index contributed by atoms with van der Waals surface area (Å²) >= 11 is 0. The second kappa shape index (κ2) is 17.6. The maximum absolute atomic E-state index is 10.7. The monoisotopic (exact) mass is 1210 g/mol. The van der Waals surface area contributed by atoms with Crippen molar-refractivity contribution < 1.29 is 119 Å². The summed E-state index contributed by atoms with van der Waals surface area (Å²) in [5.41, 5.74) is 5.07. The van der Waals surface area contributed by atoms with Crippen LogP contribution in [0.25, 0.3) is 23.3 Å². The average Bonchev–Trinajstić information content (AvgIpc) is 4.04. The Morgan fingerprint density at radius 3 is 0.618 bits per heavy atom. The Balaban J connectivity index is 0.000000313. The first-order valence-corrected chi connectivity index (χ1v) is 28.2. The van der Waals surface area contributed by atoms with E-state index in [1.165, 1.54) is 22.3 Å². The van der Waals surface area contributed by atoms with E-state index in [1.807, 2.05) is 24.3 Å². The Labute approximate surface area is 409 Å². The largest absolute Gasteiger partial charge is 0.250 e. The van der Waals surface area contributed by atoms with Crippen LogP contribution in [0.2, 0.25) is 0 Å². The van der Waals surface area contributed by atoms with Gasteiger partial charge in [-0.1, -0.05) is 60.7 Å². The first kappa shape index (κ1) is 60.5. The average molecular weight is 1210 g/mol. The molecule has 6 aromatic heterocycles. The Morgan fingerprint density at radius 2 is 0.447 bits per heavy atom. The van der Waals surface area contributed by atoms with Gasteiger partial charge in [-0.2, -0.15) is 28.2 Å². The van der Waals surface area contributed by atoms with Gasteiger partial charge in [-0.15, -0.1) is 0 Å². The minimum Gasteiger partial charge on any atom is -0.232 e. The quantitative estimate of drug-likeness (QED) is 0.0863. The number of hydrogen-bond acceptors (Lipinski definition) is 2. The van der Waals surface area contributed by atoms with Crippen molar-refractivity contribution in [1.82, 2.24) is 28.2 Å². The Kier molecular flexibility index (Phi) is 14.0. The third-order valence-corrected chi connectivity index (χ3v) is 8.91. The molecular formula is C38H34F24N10P4. The topological polar surface area (TPSA) is 61.0 Å². The van der Waals surface area contributed by atoms with E-state index in [0.29, 0.717) is 0 Å². The number of halogens is 24. The molecule has 76 heavy (non-hydrogen) atoms. The van der Waals surface area contributed by atoms with Gasteiger partial charge in [0.1, 0.15) is 75.8 Å². The first-order chi connectivity index (χ1) is 33.5. The van der Waals surface area contributed by atoms with Crippen LogP contribution in [0.4, 0.5) is 101 Å². The molecule has 0 fully saturated rings. The molecule has 12 bridgehead atoms. The van der Waals surface area contributed by atoms with Crippen LogP contribution in [0.3, 0.4) is 0 Å². The number of hydrogen-bond donors (Lipinski definition) is 0. The van der Waals surface area contributed by atoms with Crippen LogP contribution in [-0.2, 0) is 26.2 Å². The summed E-state index contributed by atoms with van der Waals surface area (Å²) in [5, 5.41) is 0. The standard InChI is InChI=1S/C38H34N10.4F6P/c1-2-8-32-24-42-16-20-46(28-42)36-12-6-14-38(40-36)48-22-18-44(30-48)26-34-10-4-3-9-33(34)25-43-17-21-47(29-43)37-13-5-11-35(39-37)45-19-15-41(27-45)23-31(32)7-1;4*1-7(2,3,4,5)6/h1-22,27-30H,23-26H2;;;;/q+4;4*-1. The van der Waals surface area contributed by atoms with Crippen molar-refractivity contribution in [1.29, 1.82) is 0 Å². The molecule has 8 aromatic rings. The van der Waals surface area contributed by atoms with Crippen LogP contribution in [0.1, 0.15) is 22.3 Å². The Bertz CT molecular complexity index is 2890. The van der Waals surface area contributed by atoms with Gasteiger partial charge in [0.15, 0.2) is 0 Å². The molecule has 0 N–H and O–H groups in total. The molecule has 0 radical (unpaired) electrons. The third-order valence-electron chi connectivity index (χ3n) is 8.91. The molecule has 424 valence electrons. The molecule has 10 nitrogen and oxygen atoms in total. The van der Waals surface area contributed by atoms with E-state index < -0.39 is 31.2 Å². The van der Waals surface area contributed by atoms with Crippen molar-refractivity contribution in [3.63, 3.8) is 0 Å². The van der Waals surface area contributed by atoms with Crippen LogP contribution in [0, 0.1) is 0 Å². The number of benzene rings is 2. The molecule has 7 heterocycles. The predicted octanol–water partition coefficient (Wildman–Crippen LogP) is 16.8. The molecule has 9 rings (SSSR count). The van der Waals surface area contributed by atoms with Crippen LogP contribution < -0.4 is 18.3 Å².